The summed E-state index contributed by atoms with van der Waals surface area (Å²) in [5, 5.41) is 17.0. The summed E-state index contributed by atoms with van der Waals surface area (Å²) in [5.74, 6) is 5.16. The molecule has 0 spiro atoms. The Morgan fingerprint density at radius 2 is 1.85 bits per heavy atom. The van der Waals surface area contributed by atoms with Crippen LogP contribution in [0.2, 0.25) is 0 Å². The summed E-state index contributed by atoms with van der Waals surface area (Å²) in [6, 6.07) is 1.88. The second-order valence-corrected chi connectivity index (χ2v) is 8.92. The van der Waals surface area contributed by atoms with Crippen LogP contribution in [-0.4, -0.2) is 49.7 Å². The highest BCUT2D eigenvalue weighted by atomic mass is 16.5. The van der Waals surface area contributed by atoms with Gasteiger partial charge in [-0.15, -0.1) is 0 Å². The van der Waals surface area contributed by atoms with Crippen LogP contribution < -0.4 is 25.5 Å². The molecule has 0 radical (unpaired) electrons. The van der Waals surface area contributed by atoms with Crippen LogP contribution in [0.4, 0.5) is 0 Å². The molecule has 1 aromatic carbocycles. The van der Waals surface area contributed by atoms with Crippen LogP contribution in [0.25, 0.3) is 5.57 Å². The molecule has 10 nitrogen and oxygen atoms in total. The third-order valence-corrected chi connectivity index (χ3v) is 6.23. The van der Waals surface area contributed by atoms with Gasteiger partial charge in [0.15, 0.2) is 17.3 Å². The van der Waals surface area contributed by atoms with Gasteiger partial charge in [-0.3, -0.25) is 15.0 Å². The van der Waals surface area contributed by atoms with Crippen LogP contribution in [0.3, 0.4) is 0 Å². The molecule has 0 amide bonds. The molecular formula is C24H32N4O6. The fraction of sp³-hybridized carbons (Fsp3) is 0.500. The zero-order valence-corrected chi connectivity index (χ0v) is 20.1. The largest absolute Gasteiger partial charge is 0.492 e. The highest BCUT2D eigenvalue weighted by Crippen LogP contribution is 2.50. The van der Waals surface area contributed by atoms with Gasteiger partial charge in [0.25, 0.3) is 0 Å². The molecule has 0 aliphatic heterocycles. The summed E-state index contributed by atoms with van der Waals surface area (Å²) in [7, 11) is 3.11. The second kappa shape index (κ2) is 10.6. The Hall–Kier alpha value is -3.56. The first-order valence-electron chi connectivity index (χ1n) is 11.2. The van der Waals surface area contributed by atoms with E-state index < -0.39 is 11.4 Å². The fourth-order valence-corrected chi connectivity index (χ4v) is 4.51. The van der Waals surface area contributed by atoms with Crippen molar-refractivity contribution in [1.29, 1.82) is 0 Å². The number of aliphatic carboxylic acids is 1. The molecule has 184 valence electrons. The maximum atomic E-state index is 12.7. The molecule has 4 N–H and O–H groups in total. The SMILES string of the molecule is COc1c(OCC(=O)C(C)(C)CC(=O)O)cc2c(c1OC)C1=C(CCC1)C(=NNC=NN)CC2. The molecular weight excluding hydrogens is 440 g/mol. The molecule has 0 heterocycles. The summed E-state index contributed by atoms with van der Waals surface area (Å²) in [5.41, 5.74) is 7.00. The van der Waals surface area contributed by atoms with Crippen molar-refractivity contribution in [3.63, 3.8) is 0 Å². The van der Waals surface area contributed by atoms with Crippen molar-refractivity contribution in [2.24, 2.45) is 21.5 Å². The number of hydrazone groups is 2. The number of rotatable bonds is 10. The monoisotopic (exact) mass is 472 g/mol. The van der Waals surface area contributed by atoms with Gasteiger partial charge in [-0.1, -0.05) is 13.8 Å². The first-order valence-corrected chi connectivity index (χ1v) is 11.2. The minimum absolute atomic E-state index is 0.276. The van der Waals surface area contributed by atoms with Gasteiger partial charge < -0.3 is 25.2 Å². The molecule has 3 rings (SSSR count). The Kier molecular flexibility index (Phi) is 7.80. The van der Waals surface area contributed by atoms with Crippen molar-refractivity contribution in [3.8, 4) is 17.2 Å². The van der Waals surface area contributed by atoms with Gasteiger partial charge >= 0.3 is 5.97 Å². The van der Waals surface area contributed by atoms with Crippen LogP contribution in [0.15, 0.2) is 21.8 Å². The summed E-state index contributed by atoms with van der Waals surface area (Å²) >= 11 is 0. The number of aryl methyl sites for hydroxylation is 1. The van der Waals surface area contributed by atoms with Crippen LogP contribution in [-0.2, 0) is 16.0 Å². The minimum Gasteiger partial charge on any atom is -0.492 e. The normalized spacial score (nSPS) is 16.8. The summed E-state index contributed by atoms with van der Waals surface area (Å²) in [6.07, 6.45) is 5.22. The lowest BCUT2D eigenvalue weighted by atomic mass is 9.85. The number of carbonyl (C=O) groups is 2. The molecule has 0 aromatic heterocycles. The van der Waals surface area contributed by atoms with E-state index in [1.807, 2.05) is 6.07 Å². The van der Waals surface area contributed by atoms with Crippen LogP contribution in [0, 0.1) is 5.41 Å². The van der Waals surface area contributed by atoms with Crippen molar-refractivity contribution in [2.75, 3.05) is 20.8 Å². The summed E-state index contributed by atoms with van der Waals surface area (Å²) < 4.78 is 17.4. The molecule has 0 saturated heterocycles. The zero-order valence-electron chi connectivity index (χ0n) is 20.1. The number of nitrogens with two attached hydrogens (primary N) is 1. The predicted molar refractivity (Wildman–Crippen MR) is 128 cm³/mol. The molecule has 34 heavy (non-hydrogen) atoms. The molecule has 10 heteroatoms. The Morgan fingerprint density at radius 3 is 2.50 bits per heavy atom. The number of carboxylic acids is 1. The molecule has 0 bridgehead atoms. The van der Waals surface area contributed by atoms with Gasteiger partial charge in [-0.05, 0) is 54.9 Å². The number of methoxy groups -OCH3 is 2. The van der Waals surface area contributed by atoms with E-state index in [4.69, 9.17) is 25.2 Å². The van der Waals surface area contributed by atoms with Crippen molar-refractivity contribution in [2.45, 2.75) is 52.4 Å². The Morgan fingerprint density at radius 1 is 1.15 bits per heavy atom. The van der Waals surface area contributed by atoms with E-state index in [0.29, 0.717) is 30.1 Å². The molecule has 0 saturated carbocycles. The van der Waals surface area contributed by atoms with Gasteiger partial charge in [0, 0.05) is 11.0 Å². The highest BCUT2D eigenvalue weighted by Gasteiger charge is 2.33. The number of fused-ring (bicyclic) bond motifs is 2. The number of ketones is 1. The van der Waals surface area contributed by atoms with E-state index in [-0.39, 0.29) is 18.8 Å². The number of carboxylic acid groups (broad SMARTS) is 1. The van der Waals surface area contributed by atoms with Crippen molar-refractivity contribution < 1.29 is 28.9 Å². The average Bonchev–Trinajstić information content (AvgIpc) is 3.21. The predicted octanol–water partition coefficient (Wildman–Crippen LogP) is 2.88. The number of carbonyl (C=O) groups excluding carboxylic acids is 1. The Labute approximate surface area is 198 Å². The lowest BCUT2D eigenvalue weighted by Crippen LogP contribution is -2.31. The van der Waals surface area contributed by atoms with E-state index >= 15 is 0 Å². The number of Topliss-reactive ketones (excluding diaryl/α,β-unsaturated/α-hetero) is 1. The molecule has 2 aliphatic rings. The maximum Gasteiger partial charge on any atom is 0.304 e. The first-order chi connectivity index (χ1) is 16.2. The van der Waals surface area contributed by atoms with E-state index in [9.17, 15) is 9.59 Å². The van der Waals surface area contributed by atoms with Gasteiger partial charge in [-0.2, -0.15) is 10.2 Å². The van der Waals surface area contributed by atoms with E-state index in [2.05, 4.69) is 15.6 Å². The number of hydrogen-bond donors (Lipinski definition) is 3. The van der Waals surface area contributed by atoms with Crippen LogP contribution in [0.5, 0.6) is 17.2 Å². The number of hydrogen-bond acceptors (Lipinski definition) is 8. The highest BCUT2D eigenvalue weighted by molar-refractivity contribution is 6.09. The van der Waals surface area contributed by atoms with E-state index in [0.717, 1.165) is 41.7 Å². The summed E-state index contributed by atoms with van der Waals surface area (Å²) in [6.45, 7) is 2.92. The quantitative estimate of drug-likeness (QED) is 0.204. The second-order valence-electron chi connectivity index (χ2n) is 8.92. The van der Waals surface area contributed by atoms with Crippen LogP contribution in [0.1, 0.15) is 57.1 Å². The van der Waals surface area contributed by atoms with E-state index in [1.165, 1.54) is 19.0 Å². The standard InChI is InChI=1S/C24H32N4O6/c1-24(2,11-20(30)31)19(29)12-34-18-10-14-8-9-17(28-27-13-26-25)15-6-5-7-16(15)21(14)23(33-4)22(18)32-3/h10,13H,5-9,11-12,25H2,1-4H3,(H,26,27)(H,30,31). The van der Waals surface area contributed by atoms with Gasteiger partial charge in [0.1, 0.15) is 12.9 Å². The van der Waals surface area contributed by atoms with Crippen LogP contribution >= 0.6 is 0 Å². The maximum absolute atomic E-state index is 12.7. The Balaban J connectivity index is 1.99. The zero-order chi connectivity index (χ0) is 24.9. The smallest absolute Gasteiger partial charge is 0.304 e. The number of benzene rings is 1. The lowest BCUT2D eigenvalue weighted by Gasteiger charge is -2.23. The topological polar surface area (TPSA) is 145 Å². The van der Waals surface area contributed by atoms with Gasteiger partial charge in [0.2, 0.25) is 5.75 Å². The lowest BCUT2D eigenvalue weighted by molar-refractivity contribution is -0.144. The molecule has 0 unspecified atom stereocenters. The fourth-order valence-electron chi connectivity index (χ4n) is 4.51. The third-order valence-electron chi connectivity index (χ3n) is 6.23. The average molecular weight is 473 g/mol. The van der Waals surface area contributed by atoms with Crippen molar-refractivity contribution in [3.05, 3.63) is 22.8 Å². The first kappa shape index (κ1) is 25.1. The molecule has 1 aromatic rings. The van der Waals surface area contributed by atoms with Crippen molar-refractivity contribution >= 4 is 29.4 Å². The van der Waals surface area contributed by atoms with Gasteiger partial charge in [-0.25, -0.2) is 0 Å². The Bertz CT molecular complexity index is 1060. The number of allylic oxidation sites excluding steroid dienone is 2. The molecule has 2 aliphatic carbocycles. The minimum atomic E-state index is -1.05. The van der Waals surface area contributed by atoms with E-state index in [1.54, 1.807) is 21.0 Å². The number of ether oxygens (including phenoxy) is 3. The molecule has 0 fully saturated rings. The number of nitrogens with one attached hydrogen (secondary N) is 1. The van der Waals surface area contributed by atoms with Gasteiger partial charge in [0.05, 0.1) is 26.4 Å². The summed E-state index contributed by atoms with van der Waals surface area (Å²) in [4.78, 5) is 23.8. The van der Waals surface area contributed by atoms with Crippen molar-refractivity contribution in [1.82, 2.24) is 5.43 Å². The molecule has 0 atom stereocenters. The third kappa shape index (κ3) is 5.16. The number of nitrogens with zero attached hydrogens (tertiary/aromatic N) is 2.